The smallest absolute Gasteiger partial charge is 0.346 e. The SMILES string of the molecule is COc1c(C(N)=O)ccc2c1nc(OC(=O)c1cccc(Br)c1C)n2CCn1c(OC(=O)c2cccc(Br)c2C)nc2c(OC)c(C(N)=O)ccc21. The van der Waals surface area contributed by atoms with Crippen LogP contribution in [0.25, 0.3) is 22.1 Å². The van der Waals surface area contributed by atoms with Gasteiger partial charge in [-0.1, -0.05) is 44.0 Å². The first-order valence-electron chi connectivity index (χ1n) is 15.5. The average molecular weight is 834 g/mol. The van der Waals surface area contributed by atoms with Gasteiger partial charge in [-0.3, -0.25) is 18.7 Å². The minimum atomic E-state index is -0.738. The zero-order valence-electron chi connectivity index (χ0n) is 28.2. The van der Waals surface area contributed by atoms with E-state index < -0.39 is 23.8 Å². The van der Waals surface area contributed by atoms with Gasteiger partial charge in [0.05, 0.1) is 47.5 Å². The standard InChI is InChI=1S/C36H30Br2N6O8/c1-17-19(7-5-9-23(17)37)33(47)51-35-41-27-25(13-11-21(31(39)45)29(27)49-3)43(35)15-16-44-26-14-12-22(32(40)46)30(50-4)28(26)42-36(44)52-34(48)20-8-6-10-24(38)18(20)2/h5-14H,15-16H2,1-4H3,(H2,39,45)(H2,40,46). The number of nitrogens with two attached hydrogens (primary N) is 2. The monoisotopic (exact) mass is 832 g/mol. The van der Waals surface area contributed by atoms with Crippen LogP contribution in [0.15, 0.2) is 69.6 Å². The van der Waals surface area contributed by atoms with Gasteiger partial charge in [0, 0.05) is 22.0 Å². The molecule has 0 saturated heterocycles. The van der Waals surface area contributed by atoms with Crippen molar-refractivity contribution in [1.29, 1.82) is 0 Å². The van der Waals surface area contributed by atoms with Crippen LogP contribution in [0.4, 0.5) is 0 Å². The molecule has 0 atom stereocenters. The van der Waals surface area contributed by atoms with Crippen molar-refractivity contribution in [3.05, 3.63) is 103 Å². The normalized spacial score (nSPS) is 11.1. The summed E-state index contributed by atoms with van der Waals surface area (Å²) in [7, 11) is 2.74. The number of imidazole rings is 2. The van der Waals surface area contributed by atoms with Crippen molar-refractivity contribution in [3.63, 3.8) is 0 Å². The van der Waals surface area contributed by atoms with Crippen molar-refractivity contribution in [2.24, 2.45) is 11.5 Å². The second kappa shape index (κ2) is 14.5. The molecule has 2 heterocycles. The number of amides is 2. The Kier molecular flexibility index (Phi) is 10.0. The fraction of sp³-hybridized carbons (Fsp3) is 0.167. The number of hydrogen-bond acceptors (Lipinski definition) is 10. The van der Waals surface area contributed by atoms with E-state index in [1.54, 1.807) is 71.5 Å². The van der Waals surface area contributed by atoms with Crippen LogP contribution in [-0.4, -0.2) is 57.1 Å². The van der Waals surface area contributed by atoms with Gasteiger partial charge in [0.1, 0.15) is 11.0 Å². The van der Waals surface area contributed by atoms with E-state index in [-0.39, 0.29) is 58.8 Å². The highest BCUT2D eigenvalue weighted by molar-refractivity contribution is 9.10. The van der Waals surface area contributed by atoms with Crippen LogP contribution in [0.5, 0.6) is 23.5 Å². The fourth-order valence-corrected chi connectivity index (χ4v) is 6.55. The molecule has 0 bridgehead atoms. The Labute approximate surface area is 312 Å². The number of carbonyl (C=O) groups is 4. The second-order valence-corrected chi connectivity index (χ2v) is 13.2. The van der Waals surface area contributed by atoms with Crippen LogP contribution < -0.4 is 30.4 Å². The van der Waals surface area contributed by atoms with E-state index >= 15 is 0 Å². The van der Waals surface area contributed by atoms with Crippen LogP contribution >= 0.6 is 31.9 Å². The molecule has 16 heteroatoms. The Hall–Kier alpha value is -5.74. The molecule has 0 radical (unpaired) electrons. The number of esters is 2. The van der Waals surface area contributed by atoms with Gasteiger partial charge in [-0.15, -0.1) is 0 Å². The summed E-state index contributed by atoms with van der Waals surface area (Å²) in [5.41, 5.74) is 14.6. The van der Waals surface area contributed by atoms with Crippen molar-refractivity contribution >= 4 is 77.7 Å². The Bertz CT molecular complexity index is 2290. The summed E-state index contributed by atoms with van der Waals surface area (Å²) < 4.78 is 27.5. The van der Waals surface area contributed by atoms with E-state index in [1.165, 1.54) is 26.4 Å². The number of fused-ring (bicyclic) bond motifs is 2. The number of carbonyl (C=O) groups excluding carboxylic acids is 4. The Morgan fingerprint density at radius 3 is 1.35 bits per heavy atom. The molecule has 6 rings (SSSR count). The lowest BCUT2D eigenvalue weighted by molar-refractivity contribution is 0.0697. The first kappa shape index (κ1) is 36.1. The molecule has 0 unspecified atom stereocenters. The molecule has 266 valence electrons. The number of benzene rings is 4. The number of primary amides is 2. The van der Waals surface area contributed by atoms with Gasteiger partial charge >= 0.3 is 24.0 Å². The lowest BCUT2D eigenvalue weighted by Gasteiger charge is -2.14. The zero-order valence-corrected chi connectivity index (χ0v) is 31.3. The topological polar surface area (TPSA) is 193 Å². The molecule has 2 amide bonds. The number of hydrogen-bond donors (Lipinski definition) is 2. The van der Waals surface area contributed by atoms with Gasteiger partial charge < -0.3 is 30.4 Å². The summed E-state index contributed by atoms with van der Waals surface area (Å²) >= 11 is 6.90. The third kappa shape index (κ3) is 6.46. The van der Waals surface area contributed by atoms with E-state index in [0.29, 0.717) is 42.2 Å². The molecule has 4 aromatic carbocycles. The van der Waals surface area contributed by atoms with Gasteiger partial charge in [-0.2, -0.15) is 9.97 Å². The molecule has 0 aliphatic carbocycles. The minimum absolute atomic E-state index is 0.0570. The number of aryl methyl sites for hydroxylation is 2. The van der Waals surface area contributed by atoms with Crippen molar-refractivity contribution in [2.45, 2.75) is 26.9 Å². The highest BCUT2D eigenvalue weighted by Crippen LogP contribution is 2.36. The van der Waals surface area contributed by atoms with Crippen LogP contribution in [-0.2, 0) is 13.1 Å². The Balaban J connectivity index is 1.49. The summed E-state index contributed by atoms with van der Waals surface area (Å²) in [6.07, 6.45) is 0. The second-order valence-electron chi connectivity index (χ2n) is 11.5. The van der Waals surface area contributed by atoms with E-state index in [0.717, 1.165) is 0 Å². The molecule has 0 aliphatic heterocycles. The van der Waals surface area contributed by atoms with Crippen LogP contribution in [0.3, 0.4) is 0 Å². The molecule has 0 spiro atoms. The van der Waals surface area contributed by atoms with Crippen LogP contribution in [0, 0.1) is 13.8 Å². The van der Waals surface area contributed by atoms with Gasteiger partial charge in [0.2, 0.25) is 0 Å². The Morgan fingerprint density at radius 2 is 1.00 bits per heavy atom. The summed E-state index contributed by atoms with van der Waals surface area (Å²) in [5, 5.41) is 0. The maximum atomic E-state index is 13.5. The molecule has 2 aromatic heterocycles. The van der Waals surface area contributed by atoms with Gasteiger partial charge in [-0.25, -0.2) is 9.59 Å². The Morgan fingerprint density at radius 1 is 0.615 bits per heavy atom. The summed E-state index contributed by atoms with van der Waals surface area (Å²) in [5.74, 6) is -2.65. The first-order valence-corrected chi connectivity index (χ1v) is 17.1. The number of ether oxygens (including phenoxy) is 4. The lowest BCUT2D eigenvalue weighted by atomic mass is 10.1. The van der Waals surface area contributed by atoms with Gasteiger partial charge in [0.15, 0.2) is 11.5 Å². The lowest BCUT2D eigenvalue weighted by Crippen LogP contribution is -2.17. The maximum Gasteiger partial charge on any atom is 0.346 e. The largest absolute Gasteiger partial charge is 0.494 e. The van der Waals surface area contributed by atoms with Crippen molar-refractivity contribution in [1.82, 2.24) is 19.1 Å². The molecular weight excluding hydrogens is 804 g/mol. The maximum absolute atomic E-state index is 13.5. The third-order valence-corrected chi connectivity index (χ3v) is 10.2. The molecular formula is C36H30Br2N6O8. The van der Waals surface area contributed by atoms with Crippen LogP contribution in [0.2, 0.25) is 0 Å². The van der Waals surface area contributed by atoms with E-state index in [2.05, 4.69) is 41.8 Å². The molecule has 4 N–H and O–H groups in total. The number of nitrogens with zero attached hydrogens (tertiary/aromatic N) is 4. The van der Waals surface area contributed by atoms with E-state index in [9.17, 15) is 19.2 Å². The highest BCUT2D eigenvalue weighted by atomic mass is 79.9. The van der Waals surface area contributed by atoms with E-state index in [1.807, 2.05) is 0 Å². The quantitative estimate of drug-likeness (QED) is 0.149. The number of rotatable bonds is 11. The highest BCUT2D eigenvalue weighted by Gasteiger charge is 2.26. The first-order chi connectivity index (χ1) is 24.9. The third-order valence-electron chi connectivity index (χ3n) is 8.51. The van der Waals surface area contributed by atoms with E-state index in [4.69, 9.17) is 30.4 Å². The van der Waals surface area contributed by atoms with Gasteiger partial charge in [0.25, 0.3) is 11.8 Å². The molecule has 52 heavy (non-hydrogen) atoms. The van der Waals surface area contributed by atoms with Crippen molar-refractivity contribution in [3.8, 4) is 23.5 Å². The summed E-state index contributed by atoms with van der Waals surface area (Å²) in [6.45, 7) is 3.65. The molecule has 0 aliphatic rings. The van der Waals surface area contributed by atoms with Crippen LogP contribution in [0.1, 0.15) is 52.6 Å². The number of aromatic nitrogens is 4. The summed E-state index contributed by atoms with van der Waals surface area (Å²) in [4.78, 5) is 60.8. The van der Waals surface area contributed by atoms with Crippen molar-refractivity contribution < 1.29 is 38.1 Å². The molecule has 14 nitrogen and oxygen atoms in total. The molecule has 0 saturated carbocycles. The number of methoxy groups -OCH3 is 2. The predicted octanol–water partition coefficient (Wildman–Crippen LogP) is 5.88. The molecule has 6 aromatic rings. The minimum Gasteiger partial charge on any atom is -0.494 e. The van der Waals surface area contributed by atoms with Crippen molar-refractivity contribution in [2.75, 3.05) is 14.2 Å². The fourth-order valence-electron chi connectivity index (χ4n) is 5.81. The van der Waals surface area contributed by atoms with Gasteiger partial charge in [-0.05, 0) is 73.5 Å². The summed E-state index contributed by atoms with van der Waals surface area (Å²) in [6, 6.07) is 16.2. The average Bonchev–Trinajstić information content (AvgIpc) is 3.64. The predicted molar refractivity (Wildman–Crippen MR) is 197 cm³/mol. The molecule has 0 fully saturated rings. The number of halogens is 2. The zero-order chi connectivity index (χ0) is 37.4.